The number of ether oxygens (including phenoxy) is 4. The predicted octanol–water partition coefficient (Wildman–Crippen LogP) is 3.58. The molecule has 0 spiro atoms. The molecule has 0 unspecified atom stereocenters. The van der Waals surface area contributed by atoms with Crippen molar-refractivity contribution in [3.05, 3.63) is 65.6 Å². The summed E-state index contributed by atoms with van der Waals surface area (Å²) < 4.78 is 21.9. The van der Waals surface area contributed by atoms with Gasteiger partial charge in [-0.15, -0.1) is 0 Å². The van der Waals surface area contributed by atoms with Gasteiger partial charge in [-0.05, 0) is 61.7 Å². The van der Waals surface area contributed by atoms with E-state index in [0.29, 0.717) is 5.56 Å². The normalized spacial score (nSPS) is 16.3. The molecule has 2 fully saturated rings. The van der Waals surface area contributed by atoms with E-state index >= 15 is 0 Å². The minimum atomic E-state index is -0.447. The van der Waals surface area contributed by atoms with Crippen molar-refractivity contribution in [1.82, 2.24) is 19.7 Å². The molecule has 3 aromatic heterocycles. The van der Waals surface area contributed by atoms with Crippen molar-refractivity contribution in [3.8, 4) is 22.5 Å². The molecule has 6 heterocycles. The summed E-state index contributed by atoms with van der Waals surface area (Å²) >= 11 is 0. The lowest BCUT2D eigenvalue weighted by Gasteiger charge is -2.10. The lowest BCUT2D eigenvalue weighted by molar-refractivity contribution is -0.0334. The molecule has 40 heavy (non-hydrogen) atoms. The molecule has 0 radical (unpaired) electrons. The van der Waals surface area contributed by atoms with Crippen LogP contribution in [0.1, 0.15) is 28.2 Å². The van der Waals surface area contributed by atoms with Crippen molar-refractivity contribution in [3.63, 3.8) is 0 Å². The maximum atomic E-state index is 11.7. The van der Waals surface area contributed by atoms with Gasteiger partial charge in [0.15, 0.2) is 0 Å². The van der Waals surface area contributed by atoms with Crippen LogP contribution < -0.4 is 5.73 Å². The molecule has 2 saturated heterocycles. The third kappa shape index (κ3) is 6.71. The largest absolute Gasteiger partial charge is 0.377 e. The second-order valence-electron chi connectivity index (χ2n) is 9.57. The average Bonchev–Trinajstić information content (AvgIpc) is 3.61. The molecule has 10 nitrogen and oxygen atoms in total. The smallest absolute Gasteiger partial charge is 0.248 e. The number of aromatic nitrogens is 4. The monoisotopic (exact) mass is 545 g/mol. The topological polar surface area (TPSA) is 124 Å². The quantitative estimate of drug-likeness (QED) is 0.414. The molecule has 0 aliphatic carbocycles. The highest BCUT2D eigenvalue weighted by molar-refractivity contribution is 6.03. The zero-order chi connectivity index (χ0) is 27.7. The third-order valence-corrected chi connectivity index (χ3v) is 6.76. The number of primary amides is 1. The van der Waals surface area contributed by atoms with E-state index in [1.807, 2.05) is 43.3 Å². The predicted molar refractivity (Wildman–Crippen MR) is 151 cm³/mol. The first-order chi connectivity index (χ1) is 19.6. The molecule has 210 valence electrons. The number of pyridine rings is 2. The van der Waals surface area contributed by atoms with Gasteiger partial charge < -0.3 is 24.7 Å². The van der Waals surface area contributed by atoms with Gasteiger partial charge in [0, 0.05) is 40.6 Å². The number of hydrogen-bond acceptors (Lipinski definition) is 8. The number of carbonyl (C=O) groups is 1. The molecule has 1 aromatic carbocycles. The Hall–Kier alpha value is -3.70. The fraction of sp³-hybridized carbons (Fsp3) is 0.400. The fourth-order valence-corrected chi connectivity index (χ4v) is 4.87. The van der Waals surface area contributed by atoms with Crippen LogP contribution in [0.15, 0.2) is 48.7 Å². The zero-order valence-electron chi connectivity index (χ0n) is 22.8. The second kappa shape index (κ2) is 13.6. The van der Waals surface area contributed by atoms with E-state index in [1.165, 1.54) is 5.69 Å². The molecule has 0 bridgehead atoms. The van der Waals surface area contributed by atoms with Crippen LogP contribution >= 0.6 is 0 Å². The average molecular weight is 546 g/mol. The van der Waals surface area contributed by atoms with Crippen molar-refractivity contribution in [2.75, 3.05) is 52.9 Å². The van der Waals surface area contributed by atoms with Crippen LogP contribution in [-0.2, 0) is 31.9 Å². The van der Waals surface area contributed by atoms with Gasteiger partial charge in [-0.1, -0.05) is 6.07 Å². The van der Waals surface area contributed by atoms with Gasteiger partial charge in [0.1, 0.15) is 5.69 Å². The minimum absolute atomic E-state index is 0.447. The summed E-state index contributed by atoms with van der Waals surface area (Å²) in [6, 6.07) is 13.3. The number of benzene rings is 1. The lowest BCUT2D eigenvalue weighted by atomic mass is 9.95. The second-order valence-corrected chi connectivity index (χ2v) is 9.57. The van der Waals surface area contributed by atoms with E-state index in [1.54, 1.807) is 12.3 Å². The van der Waals surface area contributed by atoms with Crippen LogP contribution in [0.3, 0.4) is 0 Å². The summed E-state index contributed by atoms with van der Waals surface area (Å²) in [5, 5.41) is 5.78. The number of nitrogens with zero attached hydrogens (tertiary/aromatic N) is 4. The van der Waals surface area contributed by atoms with Gasteiger partial charge in [-0.25, -0.2) is 0 Å². The molecule has 3 aliphatic heterocycles. The van der Waals surface area contributed by atoms with E-state index in [-0.39, 0.29) is 0 Å². The molecule has 3 aliphatic rings. The number of aryl methyl sites for hydroxylation is 2. The standard InChI is InChI=1S/C22H19N5O.2C4H8O2/c1-13-4-2-5-18(25-13)21-20(19-6-3-11-27(19)26-21)15-9-10-24-17-8-7-14(22(23)28)12-16(15)17;2*1-2-6-4-3-5-1/h2,4-5,7-10,12H,3,6,11H2,1H3,(H2,23,28);2*1-4H2. The van der Waals surface area contributed by atoms with Gasteiger partial charge in [-0.2, -0.15) is 5.10 Å². The molecule has 0 saturated carbocycles. The number of rotatable bonds is 3. The van der Waals surface area contributed by atoms with Crippen LogP contribution in [-0.4, -0.2) is 78.5 Å². The van der Waals surface area contributed by atoms with Crippen LogP contribution in [0.5, 0.6) is 0 Å². The summed E-state index contributed by atoms with van der Waals surface area (Å²) in [5.74, 6) is -0.447. The number of fused-ring (bicyclic) bond motifs is 2. The molecule has 4 aromatic rings. The Labute approximate surface area is 233 Å². The molecule has 10 heteroatoms. The van der Waals surface area contributed by atoms with Gasteiger partial charge >= 0.3 is 0 Å². The van der Waals surface area contributed by atoms with Crippen LogP contribution in [0.2, 0.25) is 0 Å². The number of amides is 1. The van der Waals surface area contributed by atoms with E-state index in [0.717, 1.165) is 111 Å². The third-order valence-electron chi connectivity index (χ3n) is 6.76. The Bertz CT molecular complexity index is 1410. The van der Waals surface area contributed by atoms with E-state index in [2.05, 4.69) is 9.67 Å². The van der Waals surface area contributed by atoms with E-state index in [4.69, 9.17) is 34.8 Å². The SMILES string of the molecule is C1COCCO1.C1COCCO1.Cc1cccc(-c2nn3c(c2-c2ccnc4ccc(C(N)=O)cc24)CCC3)n1. The molecule has 1 amide bonds. The highest BCUT2D eigenvalue weighted by Crippen LogP contribution is 2.39. The lowest BCUT2D eigenvalue weighted by Crippen LogP contribution is -2.16. The summed E-state index contributed by atoms with van der Waals surface area (Å²) in [4.78, 5) is 20.9. The molecular weight excluding hydrogens is 510 g/mol. The highest BCUT2D eigenvalue weighted by atomic mass is 16.6. The summed E-state index contributed by atoms with van der Waals surface area (Å²) in [5.41, 5.74) is 12.8. The van der Waals surface area contributed by atoms with Crippen LogP contribution in [0, 0.1) is 6.92 Å². The van der Waals surface area contributed by atoms with Crippen molar-refractivity contribution in [2.45, 2.75) is 26.3 Å². The van der Waals surface area contributed by atoms with Gasteiger partial charge in [-0.3, -0.25) is 19.4 Å². The van der Waals surface area contributed by atoms with E-state index in [9.17, 15) is 4.79 Å². The van der Waals surface area contributed by atoms with Crippen molar-refractivity contribution in [1.29, 1.82) is 0 Å². The Morgan fingerprint density at radius 1 is 0.900 bits per heavy atom. The highest BCUT2D eigenvalue weighted by Gasteiger charge is 2.25. The van der Waals surface area contributed by atoms with Gasteiger partial charge in [0.2, 0.25) is 5.91 Å². The number of hydrogen-bond donors (Lipinski definition) is 1. The first-order valence-electron chi connectivity index (χ1n) is 13.7. The Kier molecular flexibility index (Phi) is 9.46. The summed E-state index contributed by atoms with van der Waals surface area (Å²) in [7, 11) is 0. The van der Waals surface area contributed by atoms with Crippen molar-refractivity contribution in [2.24, 2.45) is 5.73 Å². The van der Waals surface area contributed by atoms with Crippen LogP contribution in [0.25, 0.3) is 33.4 Å². The Morgan fingerprint density at radius 3 is 2.17 bits per heavy atom. The number of nitrogens with two attached hydrogens (primary N) is 1. The maximum Gasteiger partial charge on any atom is 0.248 e. The summed E-state index contributed by atoms with van der Waals surface area (Å²) in [6.07, 6.45) is 3.84. The number of carbonyl (C=O) groups excluding carboxylic acids is 1. The van der Waals surface area contributed by atoms with Gasteiger partial charge in [0.25, 0.3) is 0 Å². The van der Waals surface area contributed by atoms with Crippen LogP contribution in [0.4, 0.5) is 0 Å². The Morgan fingerprint density at radius 2 is 1.57 bits per heavy atom. The first kappa shape index (κ1) is 27.9. The van der Waals surface area contributed by atoms with E-state index < -0.39 is 5.91 Å². The van der Waals surface area contributed by atoms with Gasteiger partial charge in [0.05, 0.1) is 64.1 Å². The van der Waals surface area contributed by atoms with Crippen molar-refractivity contribution < 1.29 is 23.7 Å². The molecule has 2 N–H and O–H groups in total. The molecular formula is C30H35N5O5. The van der Waals surface area contributed by atoms with Crippen molar-refractivity contribution >= 4 is 16.8 Å². The summed E-state index contributed by atoms with van der Waals surface area (Å²) in [6.45, 7) is 9.11. The maximum absolute atomic E-state index is 11.7. The zero-order valence-corrected chi connectivity index (χ0v) is 22.8. The molecule has 0 atom stereocenters. The Balaban J connectivity index is 0.000000221. The first-order valence-corrected chi connectivity index (χ1v) is 13.7. The minimum Gasteiger partial charge on any atom is -0.377 e. The fourth-order valence-electron chi connectivity index (χ4n) is 4.87. The molecule has 7 rings (SSSR count).